The molecule has 2 N–H and O–H groups in total. The van der Waals surface area contributed by atoms with Gasteiger partial charge in [0.05, 0.1) is 0 Å². The van der Waals surface area contributed by atoms with Gasteiger partial charge in [-0.3, -0.25) is 4.79 Å². The number of fused-ring (bicyclic) bond motifs is 1. The van der Waals surface area contributed by atoms with Gasteiger partial charge in [0.1, 0.15) is 0 Å². The fourth-order valence-electron chi connectivity index (χ4n) is 2.53. The van der Waals surface area contributed by atoms with Gasteiger partial charge >= 0.3 is 11.9 Å². The minimum atomic E-state index is -1.27. The lowest BCUT2D eigenvalue weighted by molar-refractivity contribution is -0.222. The van der Waals surface area contributed by atoms with E-state index in [9.17, 15) is 14.4 Å². The maximum atomic E-state index is 11.9. The van der Waals surface area contributed by atoms with Crippen LogP contribution in [0.1, 0.15) is 29.8 Å². The highest BCUT2D eigenvalue weighted by molar-refractivity contribution is 6.15. The molecule has 1 aromatic carbocycles. The van der Waals surface area contributed by atoms with Crippen LogP contribution in [-0.2, 0) is 25.5 Å². The molecule has 1 saturated heterocycles. The third kappa shape index (κ3) is 2.90. The molecule has 2 aliphatic rings. The molecule has 0 saturated carbocycles. The molecule has 0 radical (unpaired) electrons. The number of anilines is 1. The zero-order valence-corrected chi connectivity index (χ0v) is 12.8. The molecule has 1 aromatic rings. The van der Waals surface area contributed by atoms with Gasteiger partial charge in [0.25, 0.3) is 11.7 Å². The molecule has 7 nitrogen and oxygen atoms in total. The number of carbonyl (C=O) groups is 3. The smallest absolute Gasteiger partial charge is 0.350 e. The van der Waals surface area contributed by atoms with Gasteiger partial charge in [0.15, 0.2) is 5.57 Å². The minimum Gasteiger partial charge on any atom is -0.419 e. The first-order valence-corrected chi connectivity index (χ1v) is 7.21. The SMILES string of the molecule is CC1(C)OC(=O)C(=CNc2cccc3c2CCNC3=O)C(=O)O1. The van der Waals surface area contributed by atoms with Crippen molar-refractivity contribution in [3.63, 3.8) is 0 Å². The Labute approximate surface area is 132 Å². The van der Waals surface area contributed by atoms with Crippen LogP contribution in [0.4, 0.5) is 5.69 Å². The van der Waals surface area contributed by atoms with Crippen molar-refractivity contribution in [1.29, 1.82) is 0 Å². The highest BCUT2D eigenvalue weighted by Gasteiger charge is 2.39. The van der Waals surface area contributed by atoms with Crippen molar-refractivity contribution in [1.82, 2.24) is 5.32 Å². The Kier molecular flexibility index (Phi) is 3.55. The average Bonchev–Trinajstić information content (AvgIpc) is 2.46. The summed E-state index contributed by atoms with van der Waals surface area (Å²) in [5, 5.41) is 5.67. The second-order valence-electron chi connectivity index (χ2n) is 5.72. The highest BCUT2D eigenvalue weighted by Crippen LogP contribution is 2.25. The number of carbonyl (C=O) groups excluding carboxylic acids is 3. The number of rotatable bonds is 2. The molecule has 120 valence electrons. The first kappa shape index (κ1) is 15.1. The Morgan fingerprint density at radius 2 is 1.87 bits per heavy atom. The average molecular weight is 316 g/mol. The van der Waals surface area contributed by atoms with E-state index in [0.717, 1.165) is 5.56 Å². The van der Waals surface area contributed by atoms with E-state index < -0.39 is 17.7 Å². The summed E-state index contributed by atoms with van der Waals surface area (Å²) < 4.78 is 10.0. The number of nitrogens with one attached hydrogen (secondary N) is 2. The van der Waals surface area contributed by atoms with Crippen molar-refractivity contribution >= 4 is 23.5 Å². The summed E-state index contributed by atoms with van der Waals surface area (Å²) in [7, 11) is 0. The van der Waals surface area contributed by atoms with E-state index in [1.165, 1.54) is 20.0 Å². The van der Waals surface area contributed by atoms with E-state index in [4.69, 9.17) is 9.47 Å². The number of amides is 1. The van der Waals surface area contributed by atoms with E-state index in [1.54, 1.807) is 18.2 Å². The number of hydrogen-bond donors (Lipinski definition) is 2. The van der Waals surface area contributed by atoms with Crippen molar-refractivity contribution in [2.24, 2.45) is 0 Å². The zero-order chi connectivity index (χ0) is 16.6. The van der Waals surface area contributed by atoms with Crippen LogP contribution in [0.5, 0.6) is 0 Å². The molecule has 0 aliphatic carbocycles. The molecular weight excluding hydrogens is 300 g/mol. The monoisotopic (exact) mass is 316 g/mol. The standard InChI is InChI=1S/C16H16N2O5/c1-16(2)22-14(20)11(15(21)23-16)8-18-12-5-3-4-10-9(12)6-7-17-13(10)19/h3-5,8,18H,6-7H2,1-2H3,(H,17,19). The molecule has 0 bridgehead atoms. The molecule has 1 fully saturated rings. The van der Waals surface area contributed by atoms with E-state index in [-0.39, 0.29) is 11.5 Å². The Hall–Kier alpha value is -2.83. The lowest BCUT2D eigenvalue weighted by Crippen LogP contribution is -2.42. The van der Waals surface area contributed by atoms with Crippen LogP contribution in [0.25, 0.3) is 0 Å². The molecule has 2 aliphatic heterocycles. The first-order chi connectivity index (χ1) is 10.9. The summed E-state index contributed by atoms with van der Waals surface area (Å²) in [5.74, 6) is -2.90. The number of ether oxygens (including phenoxy) is 2. The topological polar surface area (TPSA) is 93.7 Å². The van der Waals surface area contributed by atoms with Gasteiger partial charge < -0.3 is 20.1 Å². The second-order valence-corrected chi connectivity index (χ2v) is 5.72. The summed E-state index contributed by atoms with van der Waals surface area (Å²) in [6.07, 6.45) is 1.91. The van der Waals surface area contributed by atoms with Crippen LogP contribution in [0.2, 0.25) is 0 Å². The molecule has 0 atom stereocenters. The molecule has 2 heterocycles. The third-order valence-electron chi connectivity index (χ3n) is 3.57. The predicted octanol–water partition coefficient (Wildman–Crippen LogP) is 1.10. The fourth-order valence-corrected chi connectivity index (χ4v) is 2.53. The Balaban J connectivity index is 1.86. The maximum absolute atomic E-state index is 11.9. The van der Waals surface area contributed by atoms with E-state index >= 15 is 0 Å². The summed E-state index contributed by atoms with van der Waals surface area (Å²) in [4.78, 5) is 35.6. The highest BCUT2D eigenvalue weighted by atomic mass is 16.7. The molecule has 1 amide bonds. The minimum absolute atomic E-state index is 0.138. The Morgan fingerprint density at radius 1 is 1.17 bits per heavy atom. The number of benzene rings is 1. The normalized spacial score (nSPS) is 19.2. The summed E-state index contributed by atoms with van der Waals surface area (Å²) in [6, 6.07) is 5.23. The molecular formula is C16H16N2O5. The number of hydrogen-bond acceptors (Lipinski definition) is 6. The quantitative estimate of drug-likeness (QED) is 0.482. The second kappa shape index (κ2) is 5.42. The lowest BCUT2D eigenvalue weighted by Gasteiger charge is -2.29. The van der Waals surface area contributed by atoms with Gasteiger partial charge in [0, 0.05) is 37.8 Å². The molecule has 3 rings (SSSR count). The first-order valence-electron chi connectivity index (χ1n) is 7.21. The maximum Gasteiger partial charge on any atom is 0.350 e. The third-order valence-corrected chi connectivity index (χ3v) is 3.57. The van der Waals surface area contributed by atoms with Crippen molar-refractivity contribution < 1.29 is 23.9 Å². The van der Waals surface area contributed by atoms with Crippen LogP contribution in [0.15, 0.2) is 30.0 Å². The van der Waals surface area contributed by atoms with Crippen LogP contribution in [-0.4, -0.2) is 30.2 Å². The van der Waals surface area contributed by atoms with E-state index in [1.807, 2.05) is 0 Å². The lowest BCUT2D eigenvalue weighted by atomic mass is 9.98. The van der Waals surface area contributed by atoms with Crippen molar-refractivity contribution in [2.75, 3.05) is 11.9 Å². The molecule has 0 spiro atoms. The molecule has 0 unspecified atom stereocenters. The van der Waals surface area contributed by atoms with Crippen LogP contribution < -0.4 is 10.6 Å². The summed E-state index contributed by atoms with van der Waals surface area (Å²) in [5.41, 5.74) is 1.86. The van der Waals surface area contributed by atoms with Crippen LogP contribution >= 0.6 is 0 Å². The van der Waals surface area contributed by atoms with Crippen LogP contribution in [0.3, 0.4) is 0 Å². The van der Waals surface area contributed by atoms with Crippen molar-refractivity contribution in [2.45, 2.75) is 26.1 Å². The van der Waals surface area contributed by atoms with Crippen molar-refractivity contribution in [3.8, 4) is 0 Å². The van der Waals surface area contributed by atoms with E-state index in [0.29, 0.717) is 24.2 Å². The van der Waals surface area contributed by atoms with Gasteiger partial charge in [-0.1, -0.05) is 6.07 Å². The molecule has 0 aromatic heterocycles. The number of esters is 2. The van der Waals surface area contributed by atoms with E-state index in [2.05, 4.69) is 10.6 Å². The zero-order valence-electron chi connectivity index (χ0n) is 12.8. The fraction of sp³-hybridized carbons (Fsp3) is 0.312. The van der Waals surface area contributed by atoms with Crippen LogP contribution in [0, 0.1) is 0 Å². The summed E-state index contributed by atoms with van der Waals surface area (Å²) >= 11 is 0. The van der Waals surface area contributed by atoms with Gasteiger partial charge in [-0.05, 0) is 24.1 Å². The van der Waals surface area contributed by atoms with Gasteiger partial charge in [-0.2, -0.15) is 0 Å². The van der Waals surface area contributed by atoms with Gasteiger partial charge in [-0.25, -0.2) is 9.59 Å². The van der Waals surface area contributed by atoms with Gasteiger partial charge in [-0.15, -0.1) is 0 Å². The number of cyclic esters (lactones) is 2. The Bertz CT molecular complexity index is 714. The van der Waals surface area contributed by atoms with Crippen molar-refractivity contribution in [3.05, 3.63) is 41.1 Å². The molecule has 23 heavy (non-hydrogen) atoms. The summed E-state index contributed by atoms with van der Waals surface area (Å²) in [6.45, 7) is 3.51. The molecule has 7 heteroatoms. The van der Waals surface area contributed by atoms with Gasteiger partial charge in [0.2, 0.25) is 0 Å². The predicted molar refractivity (Wildman–Crippen MR) is 80.4 cm³/mol. The largest absolute Gasteiger partial charge is 0.419 e. The Morgan fingerprint density at radius 3 is 2.57 bits per heavy atom.